The van der Waals surface area contributed by atoms with Crippen LogP contribution in [0.4, 0.5) is 4.79 Å². The number of carbonyl (C=O) groups excluding carboxylic acids is 5. The van der Waals surface area contributed by atoms with Crippen molar-refractivity contribution in [3.8, 4) is 0 Å². The van der Waals surface area contributed by atoms with Crippen molar-refractivity contribution >= 4 is 29.8 Å². The van der Waals surface area contributed by atoms with Gasteiger partial charge in [-0.15, -0.1) is 0 Å². The first-order valence-corrected chi connectivity index (χ1v) is 12.9. The maximum atomic E-state index is 14.0. The normalized spacial score (nSPS) is 14.6. The number of nitrogens with one attached hydrogen (secondary N) is 2. The molecule has 38 heavy (non-hydrogen) atoms. The Bertz CT molecular complexity index is 1020. The van der Waals surface area contributed by atoms with Crippen LogP contribution in [-0.2, 0) is 28.7 Å². The lowest BCUT2D eigenvalue weighted by Gasteiger charge is -2.35. The van der Waals surface area contributed by atoms with E-state index in [0.717, 1.165) is 5.56 Å². The van der Waals surface area contributed by atoms with Gasteiger partial charge in [0.15, 0.2) is 0 Å². The zero-order valence-electron chi connectivity index (χ0n) is 22.9. The highest BCUT2D eigenvalue weighted by molar-refractivity contribution is 5.93. The van der Waals surface area contributed by atoms with Gasteiger partial charge in [0, 0.05) is 19.0 Å². The number of nitrogens with zero attached hydrogens (tertiary/aromatic N) is 1. The molecule has 1 saturated carbocycles. The van der Waals surface area contributed by atoms with Crippen LogP contribution in [-0.4, -0.2) is 65.5 Å². The zero-order valence-corrected chi connectivity index (χ0v) is 22.9. The largest absolute Gasteiger partial charge is 0.466 e. The first-order valence-electron chi connectivity index (χ1n) is 12.9. The number of alkyl carbamates (subject to hydrolysis) is 1. The number of hydrogen-bond acceptors (Lipinski definition) is 7. The van der Waals surface area contributed by atoms with Crippen LogP contribution in [0.5, 0.6) is 0 Å². The second kappa shape index (κ2) is 13.8. The fourth-order valence-electron chi connectivity index (χ4n) is 3.97. The van der Waals surface area contributed by atoms with E-state index in [0.29, 0.717) is 18.4 Å². The first kappa shape index (κ1) is 30.6. The highest BCUT2D eigenvalue weighted by atomic mass is 16.6. The number of nitrogens with two attached hydrogens (primary N) is 1. The summed E-state index contributed by atoms with van der Waals surface area (Å²) >= 11 is 0. The van der Waals surface area contributed by atoms with E-state index in [1.54, 1.807) is 39.8 Å². The first-order chi connectivity index (χ1) is 17.8. The van der Waals surface area contributed by atoms with E-state index in [4.69, 9.17) is 15.2 Å². The van der Waals surface area contributed by atoms with Gasteiger partial charge in [-0.1, -0.05) is 24.3 Å². The molecule has 2 unspecified atom stereocenters. The number of rotatable bonds is 13. The molecule has 1 aromatic carbocycles. The molecule has 0 aromatic heterocycles. The van der Waals surface area contributed by atoms with Gasteiger partial charge < -0.3 is 30.7 Å². The van der Waals surface area contributed by atoms with Gasteiger partial charge in [0.2, 0.25) is 17.7 Å². The highest BCUT2D eigenvalue weighted by Crippen LogP contribution is 2.36. The molecule has 0 spiro atoms. The predicted octanol–water partition coefficient (Wildman–Crippen LogP) is 2.26. The number of primary amides is 1. The van der Waals surface area contributed by atoms with Crippen LogP contribution < -0.4 is 16.4 Å². The molecule has 2 atom stereocenters. The third-order valence-corrected chi connectivity index (χ3v) is 5.81. The van der Waals surface area contributed by atoms with Gasteiger partial charge >= 0.3 is 12.1 Å². The van der Waals surface area contributed by atoms with Crippen LogP contribution in [0.3, 0.4) is 0 Å². The van der Waals surface area contributed by atoms with Crippen LogP contribution in [0.1, 0.15) is 77.0 Å². The molecule has 1 fully saturated rings. The standard InChI is InChI=1S/C27H40N4O7/c1-6-37-22(33)15-16-29-24(34)23(19-10-8-7-9-17(19)2)31(18-11-12-18)25(35)20(13-14-21(28)32)30-26(36)38-27(3,4)5/h7-10,18,20,23H,6,11-16H2,1-5H3,(H2,28,32)(H,29,34)(H,30,36). The quantitative estimate of drug-likeness (QED) is 0.329. The third kappa shape index (κ3) is 9.68. The monoisotopic (exact) mass is 532 g/mol. The summed E-state index contributed by atoms with van der Waals surface area (Å²) < 4.78 is 10.3. The minimum atomic E-state index is -1.14. The summed E-state index contributed by atoms with van der Waals surface area (Å²) in [5.74, 6) is -2.05. The van der Waals surface area contributed by atoms with E-state index in [9.17, 15) is 24.0 Å². The molecule has 11 nitrogen and oxygen atoms in total. The fraction of sp³-hybridized carbons (Fsp3) is 0.593. The van der Waals surface area contributed by atoms with E-state index in [1.165, 1.54) is 4.90 Å². The number of benzene rings is 1. The molecule has 2 rings (SSSR count). The lowest BCUT2D eigenvalue weighted by Crippen LogP contribution is -2.54. The number of esters is 1. The topological polar surface area (TPSA) is 157 Å². The number of amides is 4. The summed E-state index contributed by atoms with van der Waals surface area (Å²) in [5, 5.41) is 5.33. The van der Waals surface area contributed by atoms with Crippen molar-refractivity contribution in [3.63, 3.8) is 0 Å². The minimum Gasteiger partial charge on any atom is -0.466 e. The number of hydrogen-bond donors (Lipinski definition) is 3. The molecule has 210 valence electrons. The Morgan fingerprint density at radius 1 is 1.11 bits per heavy atom. The second-order valence-electron chi connectivity index (χ2n) is 10.3. The molecule has 0 radical (unpaired) electrons. The van der Waals surface area contributed by atoms with Crippen LogP contribution in [0.2, 0.25) is 0 Å². The van der Waals surface area contributed by atoms with Gasteiger partial charge in [0.1, 0.15) is 17.7 Å². The zero-order chi connectivity index (χ0) is 28.5. The molecule has 0 aliphatic heterocycles. The smallest absolute Gasteiger partial charge is 0.408 e. The van der Waals surface area contributed by atoms with Crippen molar-refractivity contribution in [3.05, 3.63) is 35.4 Å². The molecule has 0 saturated heterocycles. The van der Waals surface area contributed by atoms with E-state index in [2.05, 4.69) is 10.6 Å². The average molecular weight is 533 g/mol. The van der Waals surface area contributed by atoms with E-state index in [-0.39, 0.29) is 38.5 Å². The van der Waals surface area contributed by atoms with Crippen molar-refractivity contribution in [2.75, 3.05) is 13.2 Å². The fourth-order valence-corrected chi connectivity index (χ4v) is 3.97. The molecular formula is C27H40N4O7. The number of ether oxygens (including phenoxy) is 2. The van der Waals surface area contributed by atoms with Gasteiger partial charge in [0.25, 0.3) is 0 Å². The third-order valence-electron chi connectivity index (χ3n) is 5.81. The Balaban J connectivity index is 2.39. The van der Waals surface area contributed by atoms with Crippen molar-refractivity contribution in [1.82, 2.24) is 15.5 Å². The number of aryl methyl sites for hydroxylation is 1. The van der Waals surface area contributed by atoms with Gasteiger partial charge in [-0.05, 0) is 65.0 Å². The van der Waals surface area contributed by atoms with Crippen molar-refractivity contribution in [1.29, 1.82) is 0 Å². The lowest BCUT2D eigenvalue weighted by molar-refractivity contribution is -0.145. The molecule has 4 amide bonds. The Labute approximate surface area is 223 Å². The van der Waals surface area contributed by atoms with Crippen LogP contribution in [0.15, 0.2) is 24.3 Å². The summed E-state index contributed by atoms with van der Waals surface area (Å²) in [4.78, 5) is 64.9. The van der Waals surface area contributed by atoms with Crippen molar-refractivity contribution in [2.45, 2.75) is 90.4 Å². The van der Waals surface area contributed by atoms with Gasteiger partial charge in [0.05, 0.1) is 13.0 Å². The van der Waals surface area contributed by atoms with E-state index >= 15 is 0 Å². The molecule has 1 aliphatic rings. The summed E-state index contributed by atoms with van der Waals surface area (Å²) in [5.41, 5.74) is 5.94. The summed E-state index contributed by atoms with van der Waals surface area (Å²) in [6.07, 6.45) is 0.326. The highest BCUT2D eigenvalue weighted by Gasteiger charge is 2.44. The molecule has 1 aromatic rings. The Kier molecular flexibility index (Phi) is 11.1. The Morgan fingerprint density at radius 2 is 1.76 bits per heavy atom. The van der Waals surface area contributed by atoms with Crippen LogP contribution in [0, 0.1) is 6.92 Å². The van der Waals surface area contributed by atoms with E-state index < -0.39 is 47.5 Å². The van der Waals surface area contributed by atoms with Crippen molar-refractivity contribution < 1.29 is 33.4 Å². The lowest BCUT2D eigenvalue weighted by atomic mass is 9.97. The van der Waals surface area contributed by atoms with Crippen LogP contribution in [0.25, 0.3) is 0 Å². The van der Waals surface area contributed by atoms with Crippen LogP contribution >= 0.6 is 0 Å². The SMILES string of the molecule is CCOC(=O)CCNC(=O)C(c1ccccc1C)N(C(=O)C(CCC(N)=O)NC(=O)OC(C)(C)C)C1CC1. The summed E-state index contributed by atoms with van der Waals surface area (Å²) in [7, 11) is 0. The van der Waals surface area contributed by atoms with Gasteiger partial charge in [-0.25, -0.2) is 4.79 Å². The molecular weight excluding hydrogens is 492 g/mol. The molecule has 0 bridgehead atoms. The van der Waals surface area contributed by atoms with Gasteiger partial charge in [-0.2, -0.15) is 0 Å². The maximum Gasteiger partial charge on any atom is 0.408 e. The molecule has 1 aliphatic carbocycles. The predicted molar refractivity (Wildman–Crippen MR) is 140 cm³/mol. The number of carbonyl (C=O) groups is 5. The maximum absolute atomic E-state index is 14.0. The average Bonchev–Trinajstić information content (AvgIpc) is 3.64. The summed E-state index contributed by atoms with van der Waals surface area (Å²) in [6, 6.07) is 4.82. The molecule has 11 heteroatoms. The molecule has 4 N–H and O–H groups in total. The summed E-state index contributed by atoms with van der Waals surface area (Å²) in [6.45, 7) is 8.89. The molecule has 0 heterocycles. The van der Waals surface area contributed by atoms with E-state index in [1.807, 2.05) is 19.1 Å². The van der Waals surface area contributed by atoms with Crippen molar-refractivity contribution in [2.24, 2.45) is 5.73 Å². The Hall–Kier alpha value is -3.63. The second-order valence-corrected chi connectivity index (χ2v) is 10.3. The minimum absolute atomic E-state index is 0.0150. The Morgan fingerprint density at radius 3 is 2.32 bits per heavy atom. The van der Waals surface area contributed by atoms with Gasteiger partial charge in [-0.3, -0.25) is 19.2 Å².